The molecule has 0 aliphatic carbocycles. The molecule has 6 rings (SSSR count). The van der Waals surface area contributed by atoms with Gasteiger partial charge in [0, 0.05) is 24.2 Å². The molecule has 0 spiro atoms. The predicted molar refractivity (Wildman–Crippen MR) is 125 cm³/mol. The molecule has 1 saturated heterocycles. The molecule has 2 aromatic heterocycles. The van der Waals surface area contributed by atoms with Crippen molar-refractivity contribution in [3.63, 3.8) is 0 Å². The summed E-state index contributed by atoms with van der Waals surface area (Å²) in [4.78, 5) is 16.0. The fourth-order valence-electron chi connectivity index (χ4n) is 6.19. The summed E-state index contributed by atoms with van der Waals surface area (Å²) in [5.74, 6) is -4.04. The highest BCUT2D eigenvalue weighted by Crippen LogP contribution is 2.45. The molecule has 10 heteroatoms. The zero-order valence-corrected chi connectivity index (χ0v) is 20.7. The summed E-state index contributed by atoms with van der Waals surface area (Å²) in [6.45, 7) is 6.75. The summed E-state index contributed by atoms with van der Waals surface area (Å²) in [5, 5.41) is 9.36. The molecule has 2 atom stereocenters. The molecular formula is C26H28F3N5O2. The zero-order valence-electron chi connectivity index (χ0n) is 20.7. The Balaban J connectivity index is 1.41. The molecule has 1 amide bonds. The predicted octanol–water partition coefficient (Wildman–Crippen LogP) is 4.61. The largest absolute Gasteiger partial charge is 0.367 e. The second kappa shape index (κ2) is 7.93. The maximum atomic E-state index is 14.1. The number of rotatable bonds is 2. The van der Waals surface area contributed by atoms with Crippen molar-refractivity contribution in [3.8, 4) is 11.3 Å². The Bertz CT molecular complexity index is 1390. The number of carbonyl (C=O) groups is 1. The van der Waals surface area contributed by atoms with Crippen molar-refractivity contribution in [2.75, 3.05) is 0 Å². The average Bonchev–Trinajstić information content (AvgIpc) is 3.30. The first-order valence-electron chi connectivity index (χ1n) is 12.3. The molecule has 5 heterocycles. The average molecular weight is 500 g/mol. The summed E-state index contributed by atoms with van der Waals surface area (Å²) in [5.41, 5.74) is 4.09. The molecule has 7 nitrogen and oxygen atoms in total. The second-order valence-electron chi connectivity index (χ2n) is 10.7. The molecular weight excluding hydrogens is 471 g/mol. The van der Waals surface area contributed by atoms with E-state index in [1.807, 2.05) is 30.4 Å². The molecule has 2 bridgehead atoms. The Morgan fingerprint density at radius 1 is 1.14 bits per heavy atom. The van der Waals surface area contributed by atoms with Gasteiger partial charge in [-0.05, 0) is 58.6 Å². The maximum Gasteiger partial charge on any atom is 0.258 e. The van der Waals surface area contributed by atoms with Crippen LogP contribution in [-0.2, 0) is 31.4 Å². The Hall–Kier alpha value is -3.14. The number of halogens is 3. The van der Waals surface area contributed by atoms with E-state index in [2.05, 4.69) is 5.10 Å². The lowest BCUT2D eigenvalue weighted by Crippen LogP contribution is -2.50. The molecule has 3 aromatic rings. The number of ether oxygens (including phenoxy) is 1. The monoisotopic (exact) mass is 499 g/mol. The number of nitrogens with zero attached hydrogens (tertiary/aromatic N) is 5. The highest BCUT2D eigenvalue weighted by molar-refractivity contribution is 5.97. The van der Waals surface area contributed by atoms with E-state index in [1.165, 1.54) is 0 Å². The van der Waals surface area contributed by atoms with Crippen LogP contribution in [0.3, 0.4) is 0 Å². The van der Waals surface area contributed by atoms with Gasteiger partial charge in [-0.1, -0.05) is 0 Å². The Morgan fingerprint density at radius 3 is 2.58 bits per heavy atom. The maximum absolute atomic E-state index is 14.1. The van der Waals surface area contributed by atoms with Crippen LogP contribution >= 0.6 is 0 Å². The van der Waals surface area contributed by atoms with Gasteiger partial charge >= 0.3 is 0 Å². The Labute approximate surface area is 206 Å². The number of hydrogen-bond donors (Lipinski definition) is 0. The van der Waals surface area contributed by atoms with Gasteiger partial charge in [0.2, 0.25) is 0 Å². The van der Waals surface area contributed by atoms with E-state index in [0.29, 0.717) is 36.5 Å². The van der Waals surface area contributed by atoms with Crippen LogP contribution < -0.4 is 0 Å². The number of aryl methyl sites for hydroxylation is 2. The smallest absolute Gasteiger partial charge is 0.258 e. The van der Waals surface area contributed by atoms with Gasteiger partial charge in [0.05, 0.1) is 53.1 Å². The molecule has 0 unspecified atom stereocenters. The minimum Gasteiger partial charge on any atom is -0.367 e. The van der Waals surface area contributed by atoms with E-state index < -0.39 is 17.5 Å². The normalized spacial score (nSPS) is 22.4. The first-order chi connectivity index (χ1) is 17.1. The summed E-state index contributed by atoms with van der Waals surface area (Å²) in [6.07, 6.45) is 3.01. The lowest BCUT2D eigenvalue weighted by atomic mass is 9.81. The number of hydrogen-bond acceptors (Lipinski definition) is 4. The number of amides is 1. The van der Waals surface area contributed by atoms with Gasteiger partial charge in [-0.15, -0.1) is 0 Å². The van der Waals surface area contributed by atoms with Gasteiger partial charge in [-0.3, -0.25) is 14.2 Å². The van der Waals surface area contributed by atoms with Gasteiger partial charge in [-0.2, -0.15) is 10.2 Å². The van der Waals surface area contributed by atoms with Crippen LogP contribution in [0.25, 0.3) is 11.3 Å². The van der Waals surface area contributed by atoms with Crippen LogP contribution in [0.4, 0.5) is 13.2 Å². The molecule has 1 fully saturated rings. The third-order valence-corrected chi connectivity index (χ3v) is 7.74. The molecule has 36 heavy (non-hydrogen) atoms. The van der Waals surface area contributed by atoms with Crippen molar-refractivity contribution in [1.29, 1.82) is 0 Å². The van der Waals surface area contributed by atoms with Crippen molar-refractivity contribution in [2.24, 2.45) is 7.05 Å². The van der Waals surface area contributed by atoms with Gasteiger partial charge in [0.15, 0.2) is 17.5 Å². The number of aromatic nitrogens is 4. The van der Waals surface area contributed by atoms with Crippen LogP contribution in [-0.4, -0.2) is 42.0 Å². The van der Waals surface area contributed by atoms with Gasteiger partial charge < -0.3 is 9.64 Å². The number of benzene rings is 1. The van der Waals surface area contributed by atoms with Crippen LogP contribution in [0.2, 0.25) is 0 Å². The first kappa shape index (κ1) is 23.3. The summed E-state index contributed by atoms with van der Waals surface area (Å²) in [6, 6.07) is 1.67. The van der Waals surface area contributed by atoms with E-state index in [4.69, 9.17) is 9.84 Å². The molecule has 0 radical (unpaired) electrons. The Morgan fingerprint density at radius 2 is 1.86 bits per heavy atom. The van der Waals surface area contributed by atoms with Crippen LogP contribution in [0.1, 0.15) is 72.2 Å². The molecule has 3 aliphatic rings. The molecule has 0 N–H and O–H groups in total. The quantitative estimate of drug-likeness (QED) is 0.483. The van der Waals surface area contributed by atoms with Gasteiger partial charge in [0.25, 0.3) is 5.91 Å². The summed E-state index contributed by atoms with van der Waals surface area (Å²) < 4.78 is 51.2. The lowest BCUT2D eigenvalue weighted by molar-refractivity contribution is -0.0664. The Kier molecular flexibility index (Phi) is 5.13. The summed E-state index contributed by atoms with van der Waals surface area (Å²) >= 11 is 0. The minimum absolute atomic E-state index is 0.0801. The number of carbonyl (C=O) groups excluding carboxylic acids is 1. The van der Waals surface area contributed by atoms with Crippen molar-refractivity contribution in [3.05, 3.63) is 57.8 Å². The van der Waals surface area contributed by atoms with Crippen LogP contribution in [0, 0.1) is 24.4 Å². The fraction of sp³-hybridized carbons (Fsp3) is 0.500. The standard InChI is InChI=1S/C26H28F3N5O2/c1-13-21(20-11-36-26(2,3)12-33(20)30-13)25(35)34-15-6-5-7-19(34)23-16(10-15)24(32(4)31-23)14-8-17(27)22(29)18(28)9-14/h8-9,15,19H,5-7,10-12H2,1-4H3/t15-,19+/m1/s1. The highest BCUT2D eigenvalue weighted by atomic mass is 19.2. The van der Waals surface area contributed by atoms with Gasteiger partial charge in [-0.25, -0.2) is 13.2 Å². The van der Waals surface area contributed by atoms with Crippen LogP contribution in [0.5, 0.6) is 0 Å². The van der Waals surface area contributed by atoms with Crippen molar-refractivity contribution in [2.45, 2.75) is 77.3 Å². The third-order valence-electron chi connectivity index (χ3n) is 7.74. The molecule has 190 valence electrons. The van der Waals surface area contributed by atoms with Gasteiger partial charge in [0.1, 0.15) is 0 Å². The van der Waals surface area contributed by atoms with Crippen molar-refractivity contribution < 1.29 is 22.7 Å². The topological polar surface area (TPSA) is 65.2 Å². The minimum atomic E-state index is -1.49. The summed E-state index contributed by atoms with van der Waals surface area (Å²) in [7, 11) is 1.71. The van der Waals surface area contributed by atoms with Crippen LogP contribution in [0.15, 0.2) is 12.1 Å². The number of piperidine rings is 1. The molecule has 0 saturated carbocycles. The second-order valence-corrected chi connectivity index (χ2v) is 10.7. The first-order valence-corrected chi connectivity index (χ1v) is 12.3. The fourth-order valence-corrected chi connectivity index (χ4v) is 6.19. The van der Waals surface area contributed by atoms with E-state index in [0.717, 1.165) is 48.3 Å². The highest BCUT2D eigenvalue weighted by Gasteiger charge is 2.45. The SMILES string of the molecule is Cc1nn2c(c1C(=O)N1[C@@H]3CCC[C@H]1c1nn(C)c(-c4cc(F)c(F)c(F)c4)c1C3)COC(C)(C)C2. The van der Waals surface area contributed by atoms with E-state index in [9.17, 15) is 18.0 Å². The zero-order chi connectivity index (χ0) is 25.5. The third kappa shape index (κ3) is 3.41. The molecule has 1 aromatic carbocycles. The van der Waals surface area contributed by atoms with E-state index in [1.54, 1.807) is 11.7 Å². The van der Waals surface area contributed by atoms with E-state index in [-0.39, 0.29) is 29.2 Å². The van der Waals surface area contributed by atoms with Crippen molar-refractivity contribution >= 4 is 5.91 Å². The number of fused-ring (bicyclic) bond motifs is 5. The molecule has 3 aliphatic heterocycles. The van der Waals surface area contributed by atoms with E-state index >= 15 is 0 Å². The van der Waals surface area contributed by atoms with Crippen molar-refractivity contribution in [1.82, 2.24) is 24.5 Å². The lowest BCUT2D eigenvalue weighted by Gasteiger charge is -2.45.